The largest absolute Gasteiger partial charge is 0.473 e. The molecule has 0 saturated carbocycles. The molecule has 0 unspecified atom stereocenters. The van der Waals surface area contributed by atoms with Crippen LogP contribution in [0.15, 0.2) is 18.2 Å². The Morgan fingerprint density at radius 2 is 1.59 bits per heavy atom. The van der Waals surface area contributed by atoms with Crippen molar-refractivity contribution in [3.8, 4) is 11.5 Å². The van der Waals surface area contributed by atoms with Crippen LogP contribution in [-0.2, 0) is 16.1 Å². The maximum absolute atomic E-state index is 9.10. The maximum Gasteiger partial charge on any atom is 0.414 e. The predicted molar refractivity (Wildman–Crippen MR) is 106 cm³/mol. The zero-order valence-electron chi connectivity index (χ0n) is 16.9. The summed E-state index contributed by atoms with van der Waals surface area (Å²) in [5, 5.41) is 14.8. The van der Waals surface area contributed by atoms with Crippen LogP contribution in [0.4, 0.5) is 0 Å². The first-order chi connectivity index (χ1) is 13.9. The number of hydrogen-bond donors (Lipinski definition) is 2. The van der Waals surface area contributed by atoms with Gasteiger partial charge in [-0.25, -0.2) is 9.59 Å². The molecule has 3 heterocycles. The summed E-state index contributed by atoms with van der Waals surface area (Å²) in [6.45, 7) is 8.84. The average Bonchev–Trinajstić information content (AvgIpc) is 3.17. The van der Waals surface area contributed by atoms with E-state index in [4.69, 9.17) is 29.3 Å². The number of piperidine rings is 2. The number of carboxylic acid groups (broad SMARTS) is 2. The molecule has 2 N–H and O–H groups in total. The third kappa shape index (κ3) is 6.08. The minimum absolute atomic E-state index is 0.360. The lowest BCUT2D eigenvalue weighted by atomic mass is 9.95. The number of rotatable bonds is 3. The van der Waals surface area contributed by atoms with Gasteiger partial charge in [-0.1, -0.05) is 13.0 Å². The fourth-order valence-electron chi connectivity index (χ4n) is 4.13. The molecule has 0 spiro atoms. The second-order valence-corrected chi connectivity index (χ2v) is 8.02. The second-order valence-electron chi connectivity index (χ2n) is 8.02. The van der Waals surface area contributed by atoms with Gasteiger partial charge in [-0.05, 0) is 75.5 Å². The zero-order chi connectivity index (χ0) is 20.8. The van der Waals surface area contributed by atoms with E-state index in [0.29, 0.717) is 6.79 Å². The summed E-state index contributed by atoms with van der Waals surface area (Å²) in [5.41, 5.74) is 1.33. The molecule has 29 heavy (non-hydrogen) atoms. The van der Waals surface area contributed by atoms with Crippen LogP contribution in [0.3, 0.4) is 0 Å². The first kappa shape index (κ1) is 21.4. The quantitative estimate of drug-likeness (QED) is 0.738. The van der Waals surface area contributed by atoms with Crippen molar-refractivity contribution in [2.75, 3.05) is 33.0 Å². The second kappa shape index (κ2) is 9.93. The minimum atomic E-state index is -1.82. The van der Waals surface area contributed by atoms with E-state index in [1.165, 1.54) is 57.4 Å². The molecular weight excluding hydrogens is 376 g/mol. The Labute approximate surface area is 171 Å². The van der Waals surface area contributed by atoms with E-state index in [1.54, 1.807) is 0 Å². The average molecular weight is 406 g/mol. The summed E-state index contributed by atoms with van der Waals surface area (Å²) in [4.78, 5) is 23.5. The van der Waals surface area contributed by atoms with Crippen molar-refractivity contribution < 1.29 is 29.3 Å². The van der Waals surface area contributed by atoms with Crippen molar-refractivity contribution in [1.82, 2.24) is 9.80 Å². The van der Waals surface area contributed by atoms with Crippen LogP contribution < -0.4 is 9.47 Å². The first-order valence-electron chi connectivity index (χ1n) is 10.2. The molecule has 3 aliphatic heterocycles. The molecular formula is C21H30N2O6. The van der Waals surface area contributed by atoms with Crippen LogP contribution >= 0.6 is 0 Å². The number of likely N-dealkylation sites (tertiary alicyclic amines) is 2. The molecule has 0 amide bonds. The summed E-state index contributed by atoms with van der Waals surface area (Å²) in [6, 6.07) is 7.17. The SMILES string of the molecule is CC1CCN(C2CCN(Cc3ccc4c(c3)OCO4)CC2)CC1.O=C(O)C(=O)O. The van der Waals surface area contributed by atoms with E-state index in [9.17, 15) is 0 Å². The zero-order valence-corrected chi connectivity index (χ0v) is 16.9. The molecule has 8 heteroatoms. The van der Waals surface area contributed by atoms with Crippen molar-refractivity contribution >= 4 is 11.9 Å². The van der Waals surface area contributed by atoms with Crippen LogP contribution in [0, 0.1) is 5.92 Å². The van der Waals surface area contributed by atoms with Crippen LogP contribution in [0.1, 0.15) is 38.2 Å². The maximum atomic E-state index is 9.10. The first-order valence-corrected chi connectivity index (χ1v) is 10.2. The molecule has 160 valence electrons. The number of hydrogen-bond acceptors (Lipinski definition) is 6. The number of fused-ring (bicyclic) bond motifs is 1. The van der Waals surface area contributed by atoms with Gasteiger partial charge in [0.05, 0.1) is 0 Å². The third-order valence-corrected chi connectivity index (χ3v) is 5.92. The monoisotopic (exact) mass is 406 g/mol. The Bertz CT molecular complexity index is 697. The van der Waals surface area contributed by atoms with E-state index in [2.05, 4.69) is 28.9 Å². The van der Waals surface area contributed by atoms with Gasteiger partial charge in [0.2, 0.25) is 6.79 Å². The Morgan fingerprint density at radius 3 is 2.21 bits per heavy atom. The summed E-state index contributed by atoms with van der Waals surface area (Å²) in [5.74, 6) is -0.936. The van der Waals surface area contributed by atoms with Crippen molar-refractivity contribution in [3.63, 3.8) is 0 Å². The molecule has 4 rings (SSSR count). The van der Waals surface area contributed by atoms with Crippen molar-refractivity contribution in [2.45, 2.75) is 45.2 Å². The van der Waals surface area contributed by atoms with Crippen LogP contribution in [-0.4, -0.2) is 71.0 Å². The van der Waals surface area contributed by atoms with Gasteiger partial charge in [0.15, 0.2) is 11.5 Å². The number of benzene rings is 1. The van der Waals surface area contributed by atoms with E-state index in [0.717, 1.165) is 30.0 Å². The Hall–Kier alpha value is -2.32. The summed E-state index contributed by atoms with van der Waals surface area (Å²) >= 11 is 0. The van der Waals surface area contributed by atoms with Crippen molar-refractivity contribution in [2.24, 2.45) is 5.92 Å². The van der Waals surface area contributed by atoms with Gasteiger partial charge in [0, 0.05) is 12.6 Å². The highest BCUT2D eigenvalue weighted by atomic mass is 16.7. The summed E-state index contributed by atoms with van der Waals surface area (Å²) < 4.78 is 10.9. The van der Waals surface area contributed by atoms with Gasteiger partial charge < -0.3 is 24.6 Å². The van der Waals surface area contributed by atoms with E-state index in [-0.39, 0.29) is 0 Å². The Morgan fingerprint density at radius 1 is 0.966 bits per heavy atom. The normalized spacial score (nSPS) is 20.7. The van der Waals surface area contributed by atoms with Crippen molar-refractivity contribution in [3.05, 3.63) is 23.8 Å². The third-order valence-electron chi connectivity index (χ3n) is 5.92. The molecule has 8 nitrogen and oxygen atoms in total. The topological polar surface area (TPSA) is 99.5 Å². The van der Waals surface area contributed by atoms with Gasteiger partial charge in [0.1, 0.15) is 0 Å². The van der Waals surface area contributed by atoms with E-state index in [1.807, 2.05) is 6.07 Å². The number of aliphatic carboxylic acids is 2. The molecule has 0 aliphatic carbocycles. The highest BCUT2D eigenvalue weighted by molar-refractivity contribution is 6.27. The molecule has 0 aromatic heterocycles. The predicted octanol–water partition coefficient (Wildman–Crippen LogP) is 2.27. The lowest BCUT2D eigenvalue weighted by Gasteiger charge is -2.41. The van der Waals surface area contributed by atoms with Crippen molar-refractivity contribution in [1.29, 1.82) is 0 Å². The Kier molecular flexibility index (Phi) is 7.33. The molecule has 0 radical (unpaired) electrons. The number of carbonyl (C=O) groups is 2. The lowest BCUT2D eigenvalue weighted by Crippen LogP contribution is -2.47. The highest BCUT2D eigenvalue weighted by Crippen LogP contribution is 2.33. The van der Waals surface area contributed by atoms with E-state index < -0.39 is 11.9 Å². The smallest absolute Gasteiger partial charge is 0.414 e. The molecule has 3 aliphatic rings. The molecule has 0 atom stereocenters. The summed E-state index contributed by atoms with van der Waals surface area (Å²) in [6.07, 6.45) is 5.41. The molecule has 0 bridgehead atoms. The fraction of sp³-hybridized carbons (Fsp3) is 0.619. The Balaban J connectivity index is 0.000000353. The van der Waals surface area contributed by atoms with Crippen LogP contribution in [0.2, 0.25) is 0 Å². The molecule has 1 aromatic carbocycles. The van der Waals surface area contributed by atoms with E-state index >= 15 is 0 Å². The van der Waals surface area contributed by atoms with Gasteiger partial charge >= 0.3 is 11.9 Å². The molecule has 1 aromatic rings. The molecule has 2 fully saturated rings. The number of carboxylic acids is 2. The van der Waals surface area contributed by atoms with Crippen LogP contribution in [0.25, 0.3) is 0 Å². The van der Waals surface area contributed by atoms with Gasteiger partial charge in [0.25, 0.3) is 0 Å². The fourth-order valence-corrected chi connectivity index (χ4v) is 4.13. The summed E-state index contributed by atoms with van der Waals surface area (Å²) in [7, 11) is 0. The minimum Gasteiger partial charge on any atom is -0.473 e. The lowest BCUT2D eigenvalue weighted by molar-refractivity contribution is -0.159. The van der Waals surface area contributed by atoms with Gasteiger partial charge in [-0.15, -0.1) is 0 Å². The molecule has 2 saturated heterocycles. The van der Waals surface area contributed by atoms with Gasteiger partial charge in [-0.3, -0.25) is 4.90 Å². The van der Waals surface area contributed by atoms with Gasteiger partial charge in [-0.2, -0.15) is 0 Å². The van der Waals surface area contributed by atoms with Crippen LogP contribution in [0.5, 0.6) is 11.5 Å². The highest BCUT2D eigenvalue weighted by Gasteiger charge is 2.27. The number of nitrogens with zero attached hydrogens (tertiary/aromatic N) is 2. The standard InChI is InChI=1S/C19H28N2O2.C2H2O4/c1-15-4-10-21(11-5-15)17-6-8-20(9-7-17)13-16-2-3-18-19(12-16)23-14-22-18;3-1(4)2(5)6/h2-3,12,15,17H,4-11,13-14H2,1H3;(H,3,4)(H,5,6). The number of ether oxygens (including phenoxy) is 2.